The lowest BCUT2D eigenvalue weighted by molar-refractivity contribution is -0.154. The smallest absolute Gasteiger partial charge is 0.422 e. The number of hydrogen-bond donors (Lipinski definition) is 2. The first-order valence-electron chi connectivity index (χ1n) is 7.98. The van der Waals surface area contributed by atoms with Crippen LogP contribution in [-0.4, -0.2) is 42.8 Å². The summed E-state index contributed by atoms with van der Waals surface area (Å²) >= 11 is 0. The van der Waals surface area contributed by atoms with Crippen molar-refractivity contribution >= 4 is 11.8 Å². The molecule has 0 radical (unpaired) electrons. The molecule has 2 N–H and O–H groups in total. The number of rotatable bonds is 4. The molecule has 2 aromatic rings. The number of nitrogens with one attached hydrogen (secondary N) is 2. The highest BCUT2D eigenvalue weighted by Crippen LogP contribution is 2.30. The molecule has 0 aliphatic carbocycles. The van der Waals surface area contributed by atoms with Crippen LogP contribution in [0.5, 0.6) is 17.4 Å². The fraction of sp³-hybridized carbons (Fsp3) is 0.235. The van der Waals surface area contributed by atoms with Crippen molar-refractivity contribution in [2.24, 2.45) is 0 Å². The van der Waals surface area contributed by atoms with Crippen molar-refractivity contribution in [1.29, 1.82) is 0 Å². The zero-order valence-corrected chi connectivity index (χ0v) is 14.2. The molecular weight excluding hydrogens is 383 g/mol. The monoisotopic (exact) mass is 397 g/mol. The SMILES string of the molecule is O=C(NNC(=O)c1cccnc1OCC(F)(F)F)c1ccc2c(c1)OCCO2. The molecule has 1 aliphatic rings. The molecule has 2 heterocycles. The Morgan fingerprint density at radius 1 is 1.07 bits per heavy atom. The van der Waals surface area contributed by atoms with E-state index in [1.54, 1.807) is 6.07 Å². The van der Waals surface area contributed by atoms with Gasteiger partial charge in [0, 0.05) is 11.8 Å². The Hall–Kier alpha value is -3.50. The molecule has 0 spiro atoms. The van der Waals surface area contributed by atoms with Crippen LogP contribution in [0.15, 0.2) is 36.5 Å². The number of aromatic nitrogens is 1. The summed E-state index contributed by atoms with van der Waals surface area (Å²) in [5.74, 6) is -1.18. The molecule has 28 heavy (non-hydrogen) atoms. The second-order valence-corrected chi connectivity index (χ2v) is 5.53. The van der Waals surface area contributed by atoms with Gasteiger partial charge in [0.05, 0.1) is 0 Å². The van der Waals surface area contributed by atoms with Gasteiger partial charge in [-0.1, -0.05) is 0 Å². The van der Waals surface area contributed by atoms with Crippen LogP contribution in [-0.2, 0) is 0 Å². The van der Waals surface area contributed by atoms with Crippen molar-refractivity contribution in [3.05, 3.63) is 47.7 Å². The molecule has 1 aliphatic heterocycles. The van der Waals surface area contributed by atoms with Gasteiger partial charge in [0.25, 0.3) is 11.8 Å². The third kappa shape index (κ3) is 4.81. The van der Waals surface area contributed by atoms with E-state index < -0.39 is 30.5 Å². The van der Waals surface area contributed by atoms with Gasteiger partial charge in [-0.05, 0) is 30.3 Å². The lowest BCUT2D eigenvalue weighted by Crippen LogP contribution is -2.42. The highest BCUT2D eigenvalue weighted by atomic mass is 19.4. The number of pyridine rings is 1. The van der Waals surface area contributed by atoms with E-state index in [9.17, 15) is 22.8 Å². The fourth-order valence-electron chi connectivity index (χ4n) is 2.27. The number of nitrogens with zero attached hydrogens (tertiary/aromatic N) is 1. The minimum Gasteiger partial charge on any atom is -0.486 e. The van der Waals surface area contributed by atoms with Crippen LogP contribution in [0.1, 0.15) is 20.7 Å². The molecule has 11 heteroatoms. The predicted molar refractivity (Wildman–Crippen MR) is 88.2 cm³/mol. The molecule has 2 amide bonds. The quantitative estimate of drug-likeness (QED) is 0.765. The number of benzene rings is 1. The van der Waals surface area contributed by atoms with Crippen molar-refractivity contribution in [2.45, 2.75) is 6.18 Å². The Balaban J connectivity index is 1.63. The Bertz CT molecular complexity index is 889. The lowest BCUT2D eigenvalue weighted by atomic mass is 10.2. The maximum Gasteiger partial charge on any atom is 0.422 e. The fourth-order valence-corrected chi connectivity index (χ4v) is 2.27. The number of amides is 2. The van der Waals surface area contributed by atoms with Crippen molar-refractivity contribution < 1.29 is 37.0 Å². The van der Waals surface area contributed by atoms with Crippen molar-refractivity contribution in [2.75, 3.05) is 19.8 Å². The average Bonchev–Trinajstić information content (AvgIpc) is 2.69. The molecular formula is C17H14F3N3O5. The Morgan fingerprint density at radius 3 is 2.54 bits per heavy atom. The van der Waals surface area contributed by atoms with Gasteiger partial charge in [0.1, 0.15) is 18.8 Å². The maximum absolute atomic E-state index is 12.3. The van der Waals surface area contributed by atoms with Crippen LogP contribution in [0.2, 0.25) is 0 Å². The summed E-state index contributed by atoms with van der Waals surface area (Å²) in [7, 11) is 0. The average molecular weight is 397 g/mol. The number of ether oxygens (including phenoxy) is 3. The van der Waals surface area contributed by atoms with Crippen LogP contribution < -0.4 is 25.1 Å². The molecule has 3 rings (SSSR count). The maximum atomic E-state index is 12.3. The lowest BCUT2D eigenvalue weighted by Gasteiger charge is -2.18. The topological polar surface area (TPSA) is 98.8 Å². The second kappa shape index (κ2) is 8.03. The molecule has 8 nitrogen and oxygen atoms in total. The normalized spacial score (nSPS) is 12.8. The highest BCUT2D eigenvalue weighted by Gasteiger charge is 2.29. The van der Waals surface area contributed by atoms with Gasteiger partial charge in [-0.15, -0.1) is 0 Å². The van der Waals surface area contributed by atoms with Gasteiger partial charge in [0.2, 0.25) is 5.88 Å². The molecule has 0 saturated carbocycles. The summed E-state index contributed by atoms with van der Waals surface area (Å²) < 4.78 is 52.2. The van der Waals surface area contributed by atoms with Gasteiger partial charge >= 0.3 is 6.18 Å². The van der Waals surface area contributed by atoms with Crippen molar-refractivity contribution in [1.82, 2.24) is 15.8 Å². The van der Waals surface area contributed by atoms with E-state index in [2.05, 4.69) is 20.6 Å². The number of halogens is 3. The number of hydrazine groups is 1. The number of carbonyl (C=O) groups is 2. The largest absolute Gasteiger partial charge is 0.486 e. The van der Waals surface area contributed by atoms with Gasteiger partial charge in [0.15, 0.2) is 18.1 Å². The number of hydrogen-bond acceptors (Lipinski definition) is 6. The van der Waals surface area contributed by atoms with Crippen molar-refractivity contribution in [3.63, 3.8) is 0 Å². The standard InChI is InChI=1S/C17H14F3N3O5/c18-17(19,20)9-28-16-11(2-1-5-21-16)15(25)23-22-14(24)10-3-4-12-13(8-10)27-7-6-26-12/h1-5,8H,6-7,9H2,(H,22,24)(H,23,25). The van der Waals surface area contributed by atoms with E-state index in [1.807, 2.05) is 0 Å². The summed E-state index contributed by atoms with van der Waals surface area (Å²) in [6.07, 6.45) is -3.41. The summed E-state index contributed by atoms with van der Waals surface area (Å²) in [4.78, 5) is 28.0. The minimum atomic E-state index is -4.59. The van der Waals surface area contributed by atoms with Crippen molar-refractivity contribution in [3.8, 4) is 17.4 Å². The molecule has 1 aromatic carbocycles. The number of fused-ring (bicyclic) bond motifs is 1. The van der Waals surface area contributed by atoms with E-state index in [1.165, 1.54) is 30.5 Å². The van der Waals surface area contributed by atoms with E-state index in [4.69, 9.17) is 9.47 Å². The third-order valence-corrected chi connectivity index (χ3v) is 3.48. The first kappa shape index (κ1) is 19.3. The zero-order valence-electron chi connectivity index (χ0n) is 14.2. The van der Waals surface area contributed by atoms with E-state index in [0.717, 1.165) is 0 Å². The summed E-state index contributed by atoms with van der Waals surface area (Å²) in [6, 6.07) is 7.02. The van der Waals surface area contributed by atoms with Crippen LogP contribution in [0.4, 0.5) is 13.2 Å². The summed E-state index contributed by atoms with van der Waals surface area (Å²) in [5, 5.41) is 0. The summed E-state index contributed by atoms with van der Waals surface area (Å²) in [6.45, 7) is -0.858. The van der Waals surface area contributed by atoms with Gasteiger partial charge in [-0.2, -0.15) is 13.2 Å². The Morgan fingerprint density at radius 2 is 1.79 bits per heavy atom. The van der Waals surface area contributed by atoms with Gasteiger partial charge in [-0.3, -0.25) is 20.4 Å². The third-order valence-electron chi connectivity index (χ3n) is 3.48. The van der Waals surface area contributed by atoms with Crippen LogP contribution in [0, 0.1) is 0 Å². The molecule has 0 unspecified atom stereocenters. The van der Waals surface area contributed by atoms with E-state index in [0.29, 0.717) is 24.7 Å². The minimum absolute atomic E-state index is 0.185. The van der Waals surface area contributed by atoms with Crippen LogP contribution in [0.25, 0.3) is 0 Å². The first-order chi connectivity index (χ1) is 13.3. The van der Waals surface area contributed by atoms with Crippen LogP contribution >= 0.6 is 0 Å². The second-order valence-electron chi connectivity index (χ2n) is 5.53. The molecule has 0 atom stereocenters. The first-order valence-corrected chi connectivity index (χ1v) is 7.98. The summed E-state index contributed by atoms with van der Waals surface area (Å²) in [5.41, 5.74) is 4.18. The molecule has 0 saturated heterocycles. The van der Waals surface area contributed by atoms with Crippen LogP contribution in [0.3, 0.4) is 0 Å². The van der Waals surface area contributed by atoms with E-state index >= 15 is 0 Å². The molecule has 0 fully saturated rings. The Labute approximate surface area is 156 Å². The van der Waals surface area contributed by atoms with E-state index in [-0.39, 0.29) is 11.1 Å². The number of carbonyl (C=O) groups excluding carboxylic acids is 2. The zero-order chi connectivity index (χ0) is 20.1. The Kier molecular flexibility index (Phi) is 5.52. The highest BCUT2D eigenvalue weighted by molar-refractivity contribution is 6.00. The molecule has 148 valence electrons. The predicted octanol–water partition coefficient (Wildman–Crippen LogP) is 1.87. The molecule has 0 bridgehead atoms. The molecule has 1 aromatic heterocycles. The number of alkyl halides is 3. The van der Waals surface area contributed by atoms with Gasteiger partial charge < -0.3 is 14.2 Å². The van der Waals surface area contributed by atoms with Gasteiger partial charge in [-0.25, -0.2) is 4.98 Å².